The first-order chi connectivity index (χ1) is 13.1. The van der Waals surface area contributed by atoms with Crippen molar-refractivity contribution in [2.24, 2.45) is 0 Å². The van der Waals surface area contributed by atoms with Gasteiger partial charge in [-0.05, 0) is 29.9 Å². The van der Waals surface area contributed by atoms with E-state index < -0.39 is 11.5 Å². The monoisotopic (exact) mass is 384 g/mol. The van der Waals surface area contributed by atoms with E-state index in [1.54, 1.807) is 16.0 Å². The molecule has 0 radical (unpaired) electrons. The van der Waals surface area contributed by atoms with Crippen LogP contribution in [0.1, 0.15) is 28.8 Å². The molecule has 1 aromatic carbocycles. The number of rotatable bonds is 5. The molecule has 0 spiro atoms. The summed E-state index contributed by atoms with van der Waals surface area (Å²) in [6.07, 6.45) is 1.82. The number of nitrogens with zero attached hydrogens (tertiary/aromatic N) is 1. The lowest BCUT2D eigenvalue weighted by Crippen LogP contribution is -2.37. The number of pyridine rings is 1. The molecule has 1 amide bonds. The smallest absolute Gasteiger partial charge is 0.268 e. The quantitative estimate of drug-likeness (QED) is 0.709. The van der Waals surface area contributed by atoms with Gasteiger partial charge in [0.1, 0.15) is 5.56 Å². The van der Waals surface area contributed by atoms with Crippen LogP contribution in [0.4, 0.5) is 0 Å². The highest BCUT2D eigenvalue weighted by molar-refractivity contribution is 7.17. The number of nitrogens with one attached hydrogen (secondary N) is 1. The molecule has 7 heteroatoms. The number of benzene rings is 1. The second kappa shape index (κ2) is 7.54. The SMILES string of the molecule is O=C(NC[C@@H]1CCCO1)c1c(O)c2sccc2n(Cc2ccccc2)c1=O. The highest BCUT2D eigenvalue weighted by Crippen LogP contribution is 2.31. The highest BCUT2D eigenvalue weighted by Gasteiger charge is 2.24. The van der Waals surface area contributed by atoms with Crippen LogP contribution in [-0.2, 0) is 11.3 Å². The van der Waals surface area contributed by atoms with Crippen LogP contribution in [0.25, 0.3) is 10.2 Å². The van der Waals surface area contributed by atoms with E-state index in [1.165, 1.54) is 11.3 Å². The lowest BCUT2D eigenvalue weighted by Gasteiger charge is -2.14. The predicted molar refractivity (Wildman–Crippen MR) is 105 cm³/mol. The number of ether oxygens (including phenoxy) is 1. The number of thiophene rings is 1. The first kappa shape index (κ1) is 17.8. The number of fused-ring (bicyclic) bond motifs is 1. The van der Waals surface area contributed by atoms with Gasteiger partial charge in [0.2, 0.25) is 0 Å². The van der Waals surface area contributed by atoms with E-state index in [4.69, 9.17) is 4.74 Å². The summed E-state index contributed by atoms with van der Waals surface area (Å²) >= 11 is 1.31. The normalized spacial score (nSPS) is 16.7. The molecule has 27 heavy (non-hydrogen) atoms. The van der Waals surface area contributed by atoms with Gasteiger partial charge in [-0.3, -0.25) is 9.59 Å². The van der Waals surface area contributed by atoms with Gasteiger partial charge in [0.15, 0.2) is 5.75 Å². The van der Waals surface area contributed by atoms with Crippen molar-refractivity contribution in [3.63, 3.8) is 0 Å². The summed E-state index contributed by atoms with van der Waals surface area (Å²) < 4.78 is 7.58. The number of carbonyl (C=O) groups excluding carboxylic acids is 1. The maximum atomic E-state index is 13.1. The zero-order chi connectivity index (χ0) is 18.8. The maximum absolute atomic E-state index is 13.1. The van der Waals surface area contributed by atoms with Crippen molar-refractivity contribution < 1.29 is 14.6 Å². The van der Waals surface area contributed by atoms with Gasteiger partial charge in [-0.2, -0.15) is 0 Å². The molecule has 3 heterocycles. The number of aromatic hydroxyl groups is 1. The van der Waals surface area contributed by atoms with Gasteiger partial charge < -0.3 is 19.7 Å². The van der Waals surface area contributed by atoms with Gasteiger partial charge in [-0.25, -0.2) is 0 Å². The van der Waals surface area contributed by atoms with Crippen LogP contribution < -0.4 is 10.9 Å². The molecule has 0 saturated carbocycles. The Hall–Kier alpha value is -2.64. The molecule has 1 aliphatic heterocycles. The number of aromatic nitrogens is 1. The fraction of sp³-hybridized carbons (Fsp3) is 0.300. The van der Waals surface area contributed by atoms with Gasteiger partial charge in [0.25, 0.3) is 11.5 Å². The number of hydrogen-bond acceptors (Lipinski definition) is 5. The van der Waals surface area contributed by atoms with Crippen molar-refractivity contribution in [1.29, 1.82) is 0 Å². The molecule has 1 atom stereocenters. The van der Waals surface area contributed by atoms with Crippen molar-refractivity contribution in [2.45, 2.75) is 25.5 Å². The van der Waals surface area contributed by atoms with E-state index in [0.29, 0.717) is 29.9 Å². The van der Waals surface area contributed by atoms with E-state index in [1.807, 2.05) is 30.3 Å². The maximum Gasteiger partial charge on any atom is 0.268 e. The highest BCUT2D eigenvalue weighted by atomic mass is 32.1. The minimum atomic E-state index is -0.565. The Bertz CT molecular complexity index is 1020. The minimum Gasteiger partial charge on any atom is -0.505 e. The Morgan fingerprint density at radius 3 is 2.85 bits per heavy atom. The third-order valence-corrected chi connectivity index (χ3v) is 5.68. The molecule has 2 N–H and O–H groups in total. The van der Waals surface area contributed by atoms with E-state index in [0.717, 1.165) is 18.4 Å². The zero-order valence-corrected chi connectivity index (χ0v) is 15.5. The molecule has 0 bridgehead atoms. The van der Waals surface area contributed by atoms with Crippen LogP contribution >= 0.6 is 11.3 Å². The van der Waals surface area contributed by atoms with E-state index >= 15 is 0 Å². The predicted octanol–water partition coefficient (Wildman–Crippen LogP) is 2.73. The van der Waals surface area contributed by atoms with E-state index in [2.05, 4.69) is 5.32 Å². The van der Waals surface area contributed by atoms with E-state index in [-0.39, 0.29) is 17.4 Å². The Balaban J connectivity index is 1.71. The fourth-order valence-corrected chi connectivity index (χ4v) is 4.22. The van der Waals surface area contributed by atoms with Crippen LogP contribution in [0.2, 0.25) is 0 Å². The molecular weight excluding hydrogens is 364 g/mol. The molecule has 1 fully saturated rings. The third-order valence-electron chi connectivity index (χ3n) is 4.77. The number of carbonyl (C=O) groups is 1. The first-order valence-corrected chi connectivity index (χ1v) is 9.80. The number of hydrogen-bond donors (Lipinski definition) is 2. The summed E-state index contributed by atoms with van der Waals surface area (Å²) in [5, 5.41) is 15.1. The summed E-state index contributed by atoms with van der Waals surface area (Å²) in [5.41, 5.74) is 0.872. The zero-order valence-electron chi connectivity index (χ0n) is 14.7. The summed E-state index contributed by atoms with van der Waals surface area (Å²) in [6, 6.07) is 11.4. The van der Waals surface area contributed by atoms with Crippen LogP contribution in [0.15, 0.2) is 46.6 Å². The molecule has 3 aromatic rings. The van der Waals surface area contributed by atoms with Gasteiger partial charge in [0, 0.05) is 13.2 Å². The molecule has 0 aliphatic carbocycles. The molecule has 4 rings (SSSR count). The standard InChI is InChI=1S/C20H20N2O4S/c23-17-16(19(24)21-11-14-7-4-9-26-14)20(25)22(15-8-10-27-18(15)17)12-13-5-2-1-3-6-13/h1-3,5-6,8,10,14,23H,4,7,9,11-12H2,(H,21,24)/t14-/m0/s1. The van der Waals surface area contributed by atoms with E-state index in [9.17, 15) is 14.7 Å². The van der Waals surface area contributed by atoms with Crippen LogP contribution in [-0.4, -0.2) is 34.8 Å². The second-order valence-corrected chi connectivity index (χ2v) is 7.50. The summed E-state index contributed by atoms with van der Waals surface area (Å²) in [5.74, 6) is -0.815. The average Bonchev–Trinajstić information content (AvgIpc) is 3.36. The Morgan fingerprint density at radius 1 is 1.30 bits per heavy atom. The lowest BCUT2D eigenvalue weighted by molar-refractivity contribution is 0.0854. The Kier molecular flexibility index (Phi) is 4.96. The van der Waals surface area contributed by atoms with Gasteiger partial charge in [0.05, 0.1) is 22.9 Å². The summed E-state index contributed by atoms with van der Waals surface area (Å²) in [6.45, 7) is 1.36. The first-order valence-electron chi connectivity index (χ1n) is 8.92. The van der Waals surface area contributed by atoms with Crippen LogP contribution in [0.5, 0.6) is 5.75 Å². The fourth-order valence-electron chi connectivity index (χ4n) is 3.38. The molecular formula is C20H20N2O4S. The largest absolute Gasteiger partial charge is 0.505 e. The second-order valence-electron chi connectivity index (χ2n) is 6.58. The average molecular weight is 384 g/mol. The van der Waals surface area contributed by atoms with Gasteiger partial charge in [-0.1, -0.05) is 30.3 Å². The number of amides is 1. The topological polar surface area (TPSA) is 80.6 Å². The van der Waals surface area contributed by atoms with Crippen molar-refractivity contribution in [2.75, 3.05) is 13.2 Å². The van der Waals surface area contributed by atoms with Crippen molar-refractivity contribution in [3.05, 3.63) is 63.3 Å². The van der Waals surface area contributed by atoms with Gasteiger partial charge in [-0.15, -0.1) is 11.3 Å². The Morgan fingerprint density at radius 2 is 2.11 bits per heavy atom. The lowest BCUT2D eigenvalue weighted by atomic mass is 10.1. The molecule has 6 nitrogen and oxygen atoms in total. The molecule has 2 aromatic heterocycles. The third kappa shape index (κ3) is 3.48. The molecule has 140 valence electrons. The molecule has 0 unspecified atom stereocenters. The van der Waals surface area contributed by atoms with Gasteiger partial charge >= 0.3 is 0 Å². The molecule has 1 saturated heterocycles. The van der Waals surface area contributed by atoms with Crippen molar-refractivity contribution >= 4 is 27.5 Å². The Labute approximate surface area is 160 Å². The summed E-state index contributed by atoms with van der Waals surface area (Å²) in [7, 11) is 0. The van der Waals surface area contributed by atoms with Crippen LogP contribution in [0.3, 0.4) is 0 Å². The van der Waals surface area contributed by atoms with Crippen molar-refractivity contribution in [1.82, 2.24) is 9.88 Å². The summed E-state index contributed by atoms with van der Waals surface area (Å²) in [4.78, 5) is 25.7. The van der Waals surface area contributed by atoms with Crippen LogP contribution in [0, 0.1) is 0 Å². The minimum absolute atomic E-state index is 0.0342. The molecule has 1 aliphatic rings. The van der Waals surface area contributed by atoms with Crippen molar-refractivity contribution in [3.8, 4) is 5.75 Å².